The summed E-state index contributed by atoms with van der Waals surface area (Å²) in [4.78, 5) is 30.7. The van der Waals surface area contributed by atoms with E-state index in [2.05, 4.69) is 14.7 Å². The van der Waals surface area contributed by atoms with Crippen molar-refractivity contribution >= 4 is 11.8 Å². The Morgan fingerprint density at radius 1 is 1.31 bits per heavy atom. The highest BCUT2D eigenvalue weighted by Gasteiger charge is 2.16. The van der Waals surface area contributed by atoms with E-state index in [-0.39, 0.29) is 13.0 Å². The van der Waals surface area contributed by atoms with Crippen LogP contribution in [0, 0.1) is 13.8 Å². The van der Waals surface area contributed by atoms with E-state index in [0.717, 1.165) is 5.69 Å². The van der Waals surface area contributed by atoms with E-state index in [4.69, 9.17) is 0 Å². The number of aromatic nitrogens is 2. The molecule has 5 nitrogen and oxygen atoms in total. The fraction of sp³-hybridized carbons (Fsp3) is 0.455. The molecule has 1 heterocycles. The van der Waals surface area contributed by atoms with E-state index in [1.807, 2.05) is 6.92 Å². The van der Waals surface area contributed by atoms with Crippen molar-refractivity contribution in [3.63, 3.8) is 0 Å². The van der Waals surface area contributed by atoms with E-state index < -0.39 is 11.8 Å². The van der Waals surface area contributed by atoms with Gasteiger partial charge in [0.15, 0.2) is 0 Å². The summed E-state index contributed by atoms with van der Waals surface area (Å²) >= 11 is 0. The van der Waals surface area contributed by atoms with E-state index >= 15 is 0 Å². The minimum Gasteiger partial charge on any atom is -0.460 e. The van der Waals surface area contributed by atoms with Crippen LogP contribution < -0.4 is 0 Å². The Labute approximate surface area is 93.9 Å². The molecule has 0 radical (unpaired) electrons. The van der Waals surface area contributed by atoms with Crippen LogP contribution in [-0.4, -0.2) is 28.3 Å². The molecule has 0 saturated heterocycles. The lowest BCUT2D eigenvalue weighted by molar-refractivity contribution is -0.153. The molecule has 0 N–H and O–H groups in total. The van der Waals surface area contributed by atoms with Crippen molar-refractivity contribution in [1.82, 2.24) is 9.97 Å². The lowest BCUT2D eigenvalue weighted by atomic mass is 10.2. The summed E-state index contributed by atoms with van der Waals surface area (Å²) in [6.45, 7) is 5.41. The van der Waals surface area contributed by atoms with E-state index in [9.17, 15) is 9.59 Å². The van der Waals surface area contributed by atoms with Crippen molar-refractivity contribution in [1.29, 1.82) is 0 Å². The summed E-state index contributed by atoms with van der Waals surface area (Å²) in [5, 5.41) is 0. The van der Waals surface area contributed by atoms with Crippen LogP contribution in [0.25, 0.3) is 0 Å². The van der Waals surface area contributed by atoms with Gasteiger partial charge in [0.25, 0.3) is 0 Å². The first kappa shape index (κ1) is 12.3. The molecule has 0 bridgehead atoms. The van der Waals surface area contributed by atoms with Crippen LogP contribution in [0.4, 0.5) is 0 Å². The molecule has 0 fully saturated rings. The maximum absolute atomic E-state index is 11.4. The third kappa shape index (κ3) is 3.42. The topological polar surface area (TPSA) is 69.2 Å². The highest BCUT2D eigenvalue weighted by atomic mass is 16.5. The Bertz CT molecular complexity index is 395. The predicted molar refractivity (Wildman–Crippen MR) is 56.9 cm³/mol. The molecular weight excluding hydrogens is 208 g/mol. The van der Waals surface area contributed by atoms with Crippen molar-refractivity contribution in [2.24, 2.45) is 0 Å². The standard InChI is InChI=1S/C11H14N2O3/c1-4-16-11(15)10(14)6-9-5-7(2)12-8(3)13-9/h5H,4,6H2,1-3H3. The van der Waals surface area contributed by atoms with Gasteiger partial charge in [-0.05, 0) is 26.8 Å². The average molecular weight is 222 g/mol. The van der Waals surface area contributed by atoms with E-state index in [1.54, 1.807) is 19.9 Å². The molecule has 16 heavy (non-hydrogen) atoms. The number of ether oxygens (including phenoxy) is 1. The number of esters is 1. The first-order chi connectivity index (χ1) is 7.52. The Morgan fingerprint density at radius 3 is 2.56 bits per heavy atom. The number of carbonyl (C=O) groups excluding carboxylic acids is 2. The maximum Gasteiger partial charge on any atom is 0.375 e. The number of hydrogen-bond donors (Lipinski definition) is 0. The Balaban J connectivity index is 2.73. The van der Waals surface area contributed by atoms with Gasteiger partial charge < -0.3 is 4.74 Å². The molecule has 0 aliphatic rings. The Morgan fingerprint density at radius 2 is 2.00 bits per heavy atom. The monoisotopic (exact) mass is 222 g/mol. The molecule has 0 aliphatic carbocycles. The maximum atomic E-state index is 11.4. The normalized spacial score (nSPS) is 9.94. The quantitative estimate of drug-likeness (QED) is 0.556. The summed E-state index contributed by atoms with van der Waals surface area (Å²) < 4.78 is 4.60. The van der Waals surface area contributed by atoms with Crippen molar-refractivity contribution in [3.8, 4) is 0 Å². The van der Waals surface area contributed by atoms with Gasteiger partial charge in [0.2, 0.25) is 5.78 Å². The van der Waals surface area contributed by atoms with Gasteiger partial charge in [0.1, 0.15) is 5.82 Å². The summed E-state index contributed by atoms with van der Waals surface area (Å²) in [7, 11) is 0. The van der Waals surface area contributed by atoms with Gasteiger partial charge in [-0.2, -0.15) is 0 Å². The van der Waals surface area contributed by atoms with Crippen molar-refractivity contribution in [2.45, 2.75) is 27.2 Å². The smallest absolute Gasteiger partial charge is 0.375 e. The lowest BCUT2D eigenvalue weighted by Crippen LogP contribution is -2.20. The highest BCUT2D eigenvalue weighted by Crippen LogP contribution is 2.02. The second-order valence-corrected chi connectivity index (χ2v) is 3.37. The number of rotatable bonds is 4. The summed E-state index contributed by atoms with van der Waals surface area (Å²) in [6, 6.07) is 1.68. The van der Waals surface area contributed by atoms with Crippen LogP contribution in [0.15, 0.2) is 6.07 Å². The van der Waals surface area contributed by atoms with Gasteiger partial charge in [-0.1, -0.05) is 0 Å². The molecule has 0 amide bonds. The molecule has 1 aromatic heterocycles. The number of nitrogens with zero attached hydrogens (tertiary/aromatic N) is 2. The van der Waals surface area contributed by atoms with Crippen molar-refractivity contribution < 1.29 is 14.3 Å². The molecule has 1 aromatic rings. The molecule has 1 rings (SSSR count). The fourth-order valence-electron chi connectivity index (χ4n) is 1.33. The highest BCUT2D eigenvalue weighted by molar-refractivity contribution is 6.34. The number of hydrogen-bond acceptors (Lipinski definition) is 5. The molecule has 5 heteroatoms. The number of Topliss-reactive ketones (excluding diaryl/α,β-unsaturated/α-hetero) is 1. The molecule has 0 atom stereocenters. The van der Waals surface area contributed by atoms with Crippen molar-refractivity contribution in [2.75, 3.05) is 6.61 Å². The van der Waals surface area contributed by atoms with Gasteiger partial charge >= 0.3 is 5.97 Å². The first-order valence-electron chi connectivity index (χ1n) is 5.04. The second kappa shape index (κ2) is 5.34. The third-order valence-electron chi connectivity index (χ3n) is 1.86. The van der Waals surface area contributed by atoms with E-state index in [1.165, 1.54) is 0 Å². The summed E-state index contributed by atoms with van der Waals surface area (Å²) in [5.74, 6) is -0.803. The fourth-order valence-corrected chi connectivity index (χ4v) is 1.33. The molecule has 0 aromatic carbocycles. The summed E-state index contributed by atoms with van der Waals surface area (Å²) in [6.07, 6.45) is -0.0387. The summed E-state index contributed by atoms with van der Waals surface area (Å²) in [5.41, 5.74) is 1.32. The zero-order valence-corrected chi connectivity index (χ0v) is 9.61. The average Bonchev–Trinajstić information content (AvgIpc) is 2.16. The third-order valence-corrected chi connectivity index (χ3v) is 1.86. The molecule has 0 aliphatic heterocycles. The molecule has 86 valence electrons. The zero-order chi connectivity index (χ0) is 12.1. The Kier molecular flexibility index (Phi) is 4.10. The van der Waals surface area contributed by atoms with Gasteiger partial charge in [-0.25, -0.2) is 14.8 Å². The number of carbonyl (C=O) groups is 2. The zero-order valence-electron chi connectivity index (χ0n) is 9.61. The van der Waals surface area contributed by atoms with Gasteiger partial charge in [0, 0.05) is 5.69 Å². The van der Waals surface area contributed by atoms with Gasteiger partial charge in [0.05, 0.1) is 18.7 Å². The molecule has 0 saturated carbocycles. The van der Waals surface area contributed by atoms with Gasteiger partial charge in [-0.15, -0.1) is 0 Å². The Hall–Kier alpha value is -1.78. The molecular formula is C11H14N2O3. The van der Waals surface area contributed by atoms with Crippen LogP contribution in [0.3, 0.4) is 0 Å². The van der Waals surface area contributed by atoms with Crippen LogP contribution in [0.2, 0.25) is 0 Å². The SMILES string of the molecule is CCOC(=O)C(=O)Cc1cc(C)nc(C)n1. The van der Waals surface area contributed by atoms with Crippen LogP contribution >= 0.6 is 0 Å². The number of aryl methyl sites for hydroxylation is 2. The lowest BCUT2D eigenvalue weighted by Gasteiger charge is -2.02. The van der Waals surface area contributed by atoms with Gasteiger partial charge in [-0.3, -0.25) is 4.79 Å². The minimum atomic E-state index is -0.809. The number of ketones is 1. The van der Waals surface area contributed by atoms with Crippen LogP contribution in [0.1, 0.15) is 24.1 Å². The van der Waals surface area contributed by atoms with E-state index in [0.29, 0.717) is 11.5 Å². The first-order valence-corrected chi connectivity index (χ1v) is 5.04. The van der Waals surface area contributed by atoms with Crippen LogP contribution in [-0.2, 0) is 20.7 Å². The van der Waals surface area contributed by atoms with Crippen LogP contribution in [0.5, 0.6) is 0 Å². The predicted octanol–water partition coefficient (Wildman–Crippen LogP) is 0.768. The second-order valence-electron chi connectivity index (χ2n) is 3.37. The van der Waals surface area contributed by atoms with Crippen molar-refractivity contribution in [3.05, 3.63) is 23.3 Å². The molecule has 0 unspecified atom stereocenters. The molecule has 0 spiro atoms. The largest absolute Gasteiger partial charge is 0.460 e. The minimum absolute atomic E-state index is 0.0387.